The van der Waals surface area contributed by atoms with E-state index in [-0.39, 0.29) is 5.91 Å². The van der Waals surface area contributed by atoms with E-state index >= 15 is 0 Å². The number of carbonyl (C=O) groups is 1. The fraction of sp³-hybridized carbons (Fsp3) is 0.600. The van der Waals surface area contributed by atoms with E-state index in [0.717, 1.165) is 48.7 Å². The van der Waals surface area contributed by atoms with E-state index in [1.54, 1.807) is 0 Å². The highest BCUT2D eigenvalue weighted by Crippen LogP contribution is 2.36. The van der Waals surface area contributed by atoms with Gasteiger partial charge in [0.2, 0.25) is 5.91 Å². The Morgan fingerprint density at radius 1 is 1.20 bits per heavy atom. The number of amides is 1. The lowest BCUT2D eigenvalue weighted by molar-refractivity contribution is -0.117. The summed E-state index contributed by atoms with van der Waals surface area (Å²) in [4.78, 5) is 21.1. The summed E-state index contributed by atoms with van der Waals surface area (Å²) in [5.41, 5.74) is 2.21. The van der Waals surface area contributed by atoms with Crippen molar-refractivity contribution >= 4 is 17.6 Å². The SMILES string of the molecule is CN=C(NCCN1C(=O)Cc2ccccc21)N1CC2CCCCC2C1. The summed E-state index contributed by atoms with van der Waals surface area (Å²) in [5.74, 6) is 2.89. The lowest BCUT2D eigenvalue weighted by atomic mass is 9.82. The van der Waals surface area contributed by atoms with E-state index in [1.807, 2.05) is 36.2 Å². The summed E-state index contributed by atoms with van der Waals surface area (Å²) in [7, 11) is 1.86. The molecule has 0 bridgehead atoms. The number of rotatable bonds is 3. The zero-order valence-electron chi connectivity index (χ0n) is 15.1. The van der Waals surface area contributed by atoms with Crippen molar-refractivity contribution in [2.24, 2.45) is 16.8 Å². The van der Waals surface area contributed by atoms with Gasteiger partial charge in [0.05, 0.1) is 6.42 Å². The number of nitrogens with one attached hydrogen (secondary N) is 1. The van der Waals surface area contributed by atoms with E-state index in [9.17, 15) is 4.79 Å². The number of benzene rings is 1. The summed E-state index contributed by atoms with van der Waals surface area (Å²) in [5, 5.41) is 3.48. The van der Waals surface area contributed by atoms with Crippen molar-refractivity contribution in [1.29, 1.82) is 0 Å². The van der Waals surface area contributed by atoms with Crippen molar-refractivity contribution in [1.82, 2.24) is 10.2 Å². The first kappa shape index (κ1) is 16.4. The number of hydrogen-bond donors (Lipinski definition) is 1. The minimum absolute atomic E-state index is 0.199. The van der Waals surface area contributed by atoms with Gasteiger partial charge in [-0.15, -0.1) is 0 Å². The van der Waals surface area contributed by atoms with Gasteiger partial charge in [0.1, 0.15) is 0 Å². The highest BCUT2D eigenvalue weighted by atomic mass is 16.2. The van der Waals surface area contributed by atoms with Crippen molar-refractivity contribution in [2.75, 3.05) is 38.1 Å². The molecule has 1 saturated carbocycles. The van der Waals surface area contributed by atoms with Crippen LogP contribution in [0.25, 0.3) is 0 Å². The second-order valence-corrected chi connectivity index (χ2v) is 7.53. The zero-order chi connectivity index (χ0) is 17.2. The van der Waals surface area contributed by atoms with Gasteiger partial charge in [-0.2, -0.15) is 0 Å². The van der Waals surface area contributed by atoms with E-state index in [4.69, 9.17) is 0 Å². The molecule has 1 amide bonds. The predicted octanol–water partition coefficient (Wildman–Crippen LogP) is 2.27. The Balaban J connectivity index is 1.33. The van der Waals surface area contributed by atoms with Crippen LogP contribution in [0.2, 0.25) is 0 Å². The molecule has 1 aromatic carbocycles. The molecular formula is C20H28N4O. The number of para-hydroxylation sites is 1. The first-order valence-corrected chi connectivity index (χ1v) is 9.60. The maximum absolute atomic E-state index is 12.3. The Morgan fingerprint density at radius 3 is 2.64 bits per heavy atom. The molecule has 3 aliphatic rings. The Morgan fingerprint density at radius 2 is 1.92 bits per heavy atom. The Bertz CT molecular complexity index is 657. The van der Waals surface area contributed by atoms with Crippen molar-refractivity contribution in [3.05, 3.63) is 29.8 Å². The second-order valence-electron chi connectivity index (χ2n) is 7.53. The zero-order valence-corrected chi connectivity index (χ0v) is 15.1. The van der Waals surface area contributed by atoms with Crippen LogP contribution >= 0.6 is 0 Å². The maximum Gasteiger partial charge on any atom is 0.231 e. The molecule has 1 aromatic rings. The van der Waals surface area contributed by atoms with Crippen LogP contribution in [0.15, 0.2) is 29.3 Å². The molecule has 0 aromatic heterocycles. The van der Waals surface area contributed by atoms with E-state index in [0.29, 0.717) is 13.0 Å². The Hall–Kier alpha value is -2.04. The van der Waals surface area contributed by atoms with E-state index < -0.39 is 0 Å². The maximum atomic E-state index is 12.3. The van der Waals surface area contributed by atoms with Gasteiger partial charge in [-0.3, -0.25) is 9.79 Å². The van der Waals surface area contributed by atoms with Gasteiger partial charge in [-0.05, 0) is 36.3 Å². The number of likely N-dealkylation sites (tertiary alicyclic amines) is 1. The lowest BCUT2D eigenvalue weighted by Gasteiger charge is -2.23. The molecule has 1 N–H and O–H groups in total. The lowest BCUT2D eigenvalue weighted by Crippen LogP contribution is -2.44. The van der Waals surface area contributed by atoms with E-state index in [1.165, 1.54) is 25.7 Å². The summed E-state index contributed by atoms with van der Waals surface area (Å²) in [6, 6.07) is 8.09. The topological polar surface area (TPSA) is 47.9 Å². The molecule has 2 aliphatic heterocycles. The summed E-state index contributed by atoms with van der Waals surface area (Å²) < 4.78 is 0. The van der Waals surface area contributed by atoms with Gasteiger partial charge in [-0.25, -0.2) is 0 Å². The van der Waals surface area contributed by atoms with Gasteiger partial charge >= 0.3 is 0 Å². The monoisotopic (exact) mass is 340 g/mol. The fourth-order valence-corrected chi connectivity index (χ4v) is 4.75. The largest absolute Gasteiger partial charge is 0.354 e. The number of carbonyl (C=O) groups excluding carboxylic acids is 1. The van der Waals surface area contributed by atoms with Gasteiger partial charge < -0.3 is 15.1 Å². The molecule has 5 heteroatoms. The molecule has 4 rings (SSSR count). The van der Waals surface area contributed by atoms with Gasteiger partial charge in [0, 0.05) is 38.9 Å². The molecule has 0 radical (unpaired) electrons. The standard InChI is InChI=1S/C20H28N4O/c1-21-20(23-13-16-7-2-3-8-17(16)14-23)22-10-11-24-18-9-5-4-6-15(18)12-19(24)25/h4-6,9,16-17H,2-3,7-8,10-14H2,1H3,(H,21,22). The predicted molar refractivity (Wildman–Crippen MR) is 101 cm³/mol. The molecule has 5 nitrogen and oxygen atoms in total. The van der Waals surface area contributed by atoms with Crippen LogP contribution < -0.4 is 10.2 Å². The first-order chi connectivity index (χ1) is 12.3. The Labute approximate surface area is 150 Å². The molecule has 2 unspecified atom stereocenters. The number of guanidine groups is 1. The highest BCUT2D eigenvalue weighted by molar-refractivity contribution is 6.01. The Kier molecular flexibility index (Phi) is 4.64. The molecule has 0 spiro atoms. The number of fused-ring (bicyclic) bond motifs is 2. The van der Waals surface area contributed by atoms with Crippen LogP contribution in [-0.2, 0) is 11.2 Å². The van der Waals surface area contributed by atoms with Crippen molar-refractivity contribution < 1.29 is 4.79 Å². The summed E-state index contributed by atoms with van der Waals surface area (Å²) in [6.45, 7) is 3.69. The number of anilines is 1. The average molecular weight is 340 g/mol. The van der Waals surface area contributed by atoms with Crippen LogP contribution in [0.4, 0.5) is 5.69 Å². The first-order valence-electron chi connectivity index (χ1n) is 9.60. The molecular weight excluding hydrogens is 312 g/mol. The highest BCUT2D eigenvalue weighted by Gasteiger charge is 2.35. The molecule has 1 saturated heterocycles. The summed E-state index contributed by atoms with van der Waals surface area (Å²) >= 11 is 0. The fourth-order valence-electron chi connectivity index (χ4n) is 4.75. The van der Waals surface area contributed by atoms with Gasteiger partial charge in [-0.1, -0.05) is 31.0 Å². The summed E-state index contributed by atoms with van der Waals surface area (Å²) in [6.07, 6.45) is 6.05. The third kappa shape index (κ3) is 3.24. The minimum Gasteiger partial charge on any atom is -0.354 e. The number of hydrogen-bond acceptors (Lipinski definition) is 2. The number of nitrogens with zero attached hydrogens (tertiary/aromatic N) is 3. The molecule has 2 heterocycles. The van der Waals surface area contributed by atoms with Crippen LogP contribution in [0, 0.1) is 11.8 Å². The smallest absolute Gasteiger partial charge is 0.231 e. The van der Waals surface area contributed by atoms with Crippen molar-refractivity contribution in [3.8, 4) is 0 Å². The van der Waals surface area contributed by atoms with Gasteiger partial charge in [0.15, 0.2) is 5.96 Å². The normalized spacial score (nSPS) is 26.0. The van der Waals surface area contributed by atoms with Gasteiger partial charge in [0.25, 0.3) is 0 Å². The average Bonchev–Trinajstić information content (AvgIpc) is 3.19. The van der Waals surface area contributed by atoms with Crippen molar-refractivity contribution in [3.63, 3.8) is 0 Å². The van der Waals surface area contributed by atoms with Crippen LogP contribution in [0.1, 0.15) is 31.2 Å². The van der Waals surface area contributed by atoms with Crippen LogP contribution in [-0.4, -0.2) is 50.0 Å². The second kappa shape index (κ2) is 7.06. The molecule has 25 heavy (non-hydrogen) atoms. The van der Waals surface area contributed by atoms with Crippen molar-refractivity contribution in [2.45, 2.75) is 32.1 Å². The number of aliphatic imine (C=N–C) groups is 1. The molecule has 2 atom stereocenters. The minimum atomic E-state index is 0.199. The van der Waals surface area contributed by atoms with Crippen LogP contribution in [0.5, 0.6) is 0 Å². The third-order valence-corrected chi connectivity index (χ3v) is 6.03. The quantitative estimate of drug-likeness (QED) is 0.678. The van der Waals surface area contributed by atoms with Crippen LogP contribution in [0.3, 0.4) is 0 Å². The van der Waals surface area contributed by atoms with E-state index in [2.05, 4.69) is 15.2 Å². The molecule has 2 fully saturated rings. The third-order valence-electron chi connectivity index (χ3n) is 6.03. The molecule has 1 aliphatic carbocycles. The molecule has 134 valence electrons.